The number of hydrogen-bond donors (Lipinski definition) is 1. The van der Waals surface area contributed by atoms with Crippen LogP contribution in [-0.4, -0.2) is 43.0 Å². The van der Waals surface area contributed by atoms with Crippen molar-refractivity contribution in [1.82, 2.24) is 4.90 Å². The first kappa shape index (κ1) is 17.5. The number of nitrogens with zero attached hydrogens (tertiary/aromatic N) is 1. The molecule has 1 aliphatic rings. The number of fused-ring (bicyclic) bond motifs is 1. The van der Waals surface area contributed by atoms with Crippen LogP contribution in [0.3, 0.4) is 0 Å². The molecule has 1 aromatic carbocycles. The van der Waals surface area contributed by atoms with E-state index in [0.29, 0.717) is 44.0 Å². The highest BCUT2D eigenvalue weighted by Gasteiger charge is 2.27. The lowest BCUT2D eigenvalue weighted by atomic mass is 10.1. The van der Waals surface area contributed by atoms with E-state index in [1.807, 2.05) is 18.2 Å². The molecule has 2 aromatic rings. The second-order valence-electron chi connectivity index (χ2n) is 6.21. The highest BCUT2D eigenvalue weighted by atomic mass is 16.5. The quantitative estimate of drug-likeness (QED) is 0.815. The number of para-hydroxylation sites is 1. The lowest BCUT2D eigenvalue weighted by Gasteiger charge is -2.26. The van der Waals surface area contributed by atoms with Gasteiger partial charge in [-0.2, -0.15) is 0 Å². The number of hydrogen-bond acceptors (Lipinski definition) is 4. The van der Waals surface area contributed by atoms with Crippen LogP contribution in [0.15, 0.2) is 28.7 Å². The zero-order valence-corrected chi connectivity index (χ0v) is 14.5. The first-order valence-corrected chi connectivity index (χ1v) is 8.89. The Hall–Kier alpha value is -2.34. The van der Waals surface area contributed by atoms with Gasteiger partial charge in [0.2, 0.25) is 11.7 Å². The van der Waals surface area contributed by atoms with E-state index in [-0.39, 0.29) is 17.6 Å². The molecule has 2 heterocycles. The number of carbonyl (C=O) groups excluding carboxylic acids is 2. The van der Waals surface area contributed by atoms with Gasteiger partial charge in [0.05, 0.1) is 13.2 Å². The van der Waals surface area contributed by atoms with Crippen LogP contribution in [0.25, 0.3) is 11.0 Å². The summed E-state index contributed by atoms with van der Waals surface area (Å²) in [5.74, 6) is -0.0914. The molecule has 0 saturated carbocycles. The van der Waals surface area contributed by atoms with Crippen molar-refractivity contribution >= 4 is 28.5 Å². The van der Waals surface area contributed by atoms with Crippen molar-refractivity contribution in [2.45, 2.75) is 32.6 Å². The zero-order chi connectivity index (χ0) is 17.6. The maximum atomic E-state index is 12.9. The molecule has 6 heteroatoms. The molecule has 6 nitrogen and oxygen atoms in total. The lowest BCUT2D eigenvalue weighted by Crippen LogP contribution is -2.40. The zero-order valence-electron chi connectivity index (χ0n) is 14.5. The molecule has 1 fully saturated rings. The molecule has 0 bridgehead atoms. The van der Waals surface area contributed by atoms with Gasteiger partial charge in [0, 0.05) is 24.9 Å². The van der Waals surface area contributed by atoms with Gasteiger partial charge in [-0.25, -0.2) is 0 Å². The fourth-order valence-corrected chi connectivity index (χ4v) is 2.97. The van der Waals surface area contributed by atoms with Gasteiger partial charge in [0.15, 0.2) is 0 Å². The van der Waals surface area contributed by atoms with Gasteiger partial charge in [-0.15, -0.1) is 0 Å². The summed E-state index contributed by atoms with van der Waals surface area (Å²) in [6.07, 6.45) is 3.35. The maximum Gasteiger partial charge on any atom is 0.291 e. The molecule has 2 amide bonds. The van der Waals surface area contributed by atoms with E-state index in [9.17, 15) is 9.59 Å². The number of rotatable bonds is 6. The number of amides is 2. The normalized spacial score (nSPS) is 14.7. The molecule has 1 aromatic heterocycles. The van der Waals surface area contributed by atoms with Gasteiger partial charge in [-0.3, -0.25) is 9.59 Å². The summed E-state index contributed by atoms with van der Waals surface area (Å²) < 4.78 is 11.1. The number of furan rings is 1. The summed E-state index contributed by atoms with van der Waals surface area (Å²) in [4.78, 5) is 26.8. The van der Waals surface area contributed by atoms with Crippen molar-refractivity contribution in [2.24, 2.45) is 0 Å². The Bertz CT molecular complexity index is 747. The minimum Gasteiger partial charge on any atom is -0.449 e. The second kappa shape index (κ2) is 8.16. The topological polar surface area (TPSA) is 71.8 Å². The van der Waals surface area contributed by atoms with E-state index in [4.69, 9.17) is 9.15 Å². The summed E-state index contributed by atoms with van der Waals surface area (Å²) in [6.45, 7) is 4.19. The molecule has 1 saturated heterocycles. The molecular formula is C19H24N2O4. The van der Waals surface area contributed by atoms with Crippen LogP contribution >= 0.6 is 0 Å². The third-order valence-electron chi connectivity index (χ3n) is 4.36. The van der Waals surface area contributed by atoms with Crippen LogP contribution in [0.2, 0.25) is 0 Å². The lowest BCUT2D eigenvalue weighted by molar-refractivity contribution is -0.116. The average molecular weight is 344 g/mol. The van der Waals surface area contributed by atoms with Gasteiger partial charge in [0.25, 0.3) is 5.91 Å². The number of anilines is 1. The van der Waals surface area contributed by atoms with Crippen LogP contribution in [0.4, 0.5) is 5.69 Å². The maximum absolute atomic E-state index is 12.9. The number of unbranched alkanes of at least 4 members (excludes halogenated alkanes) is 2. The SMILES string of the molecule is CCCCCC(=O)Nc1c(C(=O)N2CCOCC2)oc2ccccc12. The fraction of sp³-hybridized carbons (Fsp3) is 0.474. The Balaban J connectivity index is 1.86. The molecule has 0 unspecified atom stereocenters. The highest BCUT2D eigenvalue weighted by molar-refractivity contribution is 6.10. The molecule has 25 heavy (non-hydrogen) atoms. The van der Waals surface area contributed by atoms with Crippen LogP contribution in [0.5, 0.6) is 0 Å². The molecule has 1 aliphatic heterocycles. The molecule has 134 valence electrons. The summed E-state index contributed by atoms with van der Waals surface area (Å²) in [5, 5.41) is 3.65. The van der Waals surface area contributed by atoms with Crippen LogP contribution in [-0.2, 0) is 9.53 Å². The monoisotopic (exact) mass is 344 g/mol. The Morgan fingerprint density at radius 3 is 2.68 bits per heavy atom. The summed E-state index contributed by atoms with van der Waals surface area (Å²) in [6, 6.07) is 7.38. The van der Waals surface area contributed by atoms with Gasteiger partial charge >= 0.3 is 0 Å². The molecule has 0 radical (unpaired) electrons. The Labute approximate surface area is 147 Å². The molecule has 3 rings (SSSR count). The molecular weight excluding hydrogens is 320 g/mol. The summed E-state index contributed by atoms with van der Waals surface area (Å²) >= 11 is 0. The van der Waals surface area contributed by atoms with Crippen molar-refractivity contribution in [3.05, 3.63) is 30.0 Å². The van der Waals surface area contributed by atoms with Gasteiger partial charge in [-0.05, 0) is 18.6 Å². The van der Waals surface area contributed by atoms with Gasteiger partial charge in [0.1, 0.15) is 11.3 Å². The summed E-state index contributed by atoms with van der Waals surface area (Å²) in [7, 11) is 0. The first-order chi connectivity index (χ1) is 12.2. The fourth-order valence-electron chi connectivity index (χ4n) is 2.97. The van der Waals surface area contributed by atoms with Crippen LogP contribution < -0.4 is 5.32 Å². The van der Waals surface area contributed by atoms with Gasteiger partial charge < -0.3 is 19.4 Å². The number of benzene rings is 1. The predicted octanol–water partition coefficient (Wildman–Crippen LogP) is 3.42. The second-order valence-corrected chi connectivity index (χ2v) is 6.21. The predicted molar refractivity (Wildman–Crippen MR) is 95.7 cm³/mol. The molecule has 0 aliphatic carbocycles. The average Bonchev–Trinajstić information content (AvgIpc) is 3.00. The van der Waals surface area contributed by atoms with E-state index < -0.39 is 0 Å². The standard InChI is InChI=1S/C19H24N2O4/c1-2-3-4-9-16(22)20-17-14-7-5-6-8-15(14)25-18(17)19(23)21-10-12-24-13-11-21/h5-8H,2-4,9-13H2,1H3,(H,20,22). The van der Waals surface area contributed by atoms with Crippen LogP contribution in [0.1, 0.15) is 43.2 Å². The first-order valence-electron chi connectivity index (χ1n) is 8.89. The van der Waals surface area contributed by atoms with Crippen molar-refractivity contribution in [1.29, 1.82) is 0 Å². The minimum atomic E-state index is -0.205. The third kappa shape index (κ3) is 4.02. The van der Waals surface area contributed by atoms with E-state index in [0.717, 1.165) is 24.6 Å². The molecule has 0 spiro atoms. The number of ether oxygens (including phenoxy) is 1. The van der Waals surface area contributed by atoms with Crippen LogP contribution in [0, 0.1) is 0 Å². The van der Waals surface area contributed by atoms with Crippen molar-refractivity contribution in [3.63, 3.8) is 0 Å². The van der Waals surface area contributed by atoms with E-state index >= 15 is 0 Å². The van der Waals surface area contributed by atoms with Crippen molar-refractivity contribution in [2.75, 3.05) is 31.6 Å². The Morgan fingerprint density at radius 2 is 1.92 bits per heavy atom. The smallest absolute Gasteiger partial charge is 0.291 e. The highest BCUT2D eigenvalue weighted by Crippen LogP contribution is 2.32. The third-order valence-corrected chi connectivity index (χ3v) is 4.36. The van der Waals surface area contributed by atoms with E-state index in [1.165, 1.54) is 0 Å². The number of carbonyl (C=O) groups is 2. The number of nitrogens with one attached hydrogen (secondary N) is 1. The number of morpholine rings is 1. The van der Waals surface area contributed by atoms with E-state index in [2.05, 4.69) is 12.2 Å². The van der Waals surface area contributed by atoms with Crippen molar-refractivity contribution < 1.29 is 18.7 Å². The minimum absolute atomic E-state index is 0.0870. The Morgan fingerprint density at radius 1 is 1.16 bits per heavy atom. The Kier molecular flexibility index (Phi) is 5.71. The van der Waals surface area contributed by atoms with E-state index in [1.54, 1.807) is 11.0 Å². The largest absolute Gasteiger partial charge is 0.449 e. The molecule has 1 N–H and O–H groups in total. The van der Waals surface area contributed by atoms with Crippen molar-refractivity contribution in [3.8, 4) is 0 Å². The summed E-state index contributed by atoms with van der Waals surface area (Å²) in [5.41, 5.74) is 1.08. The molecule has 0 atom stereocenters. The van der Waals surface area contributed by atoms with Gasteiger partial charge in [-0.1, -0.05) is 31.9 Å².